The lowest BCUT2D eigenvalue weighted by Gasteiger charge is -2.52. The number of aromatic hydroxyl groups is 1. The van der Waals surface area contributed by atoms with Crippen LogP contribution in [0.15, 0.2) is 40.9 Å². The number of hydrogen-bond acceptors (Lipinski definition) is 8. The molecule has 5 rings (SSSR count). The summed E-state index contributed by atoms with van der Waals surface area (Å²) in [6.45, 7) is 6.96. The maximum Gasteiger partial charge on any atom is 0.252 e. The quantitative estimate of drug-likeness (QED) is 0.401. The van der Waals surface area contributed by atoms with Crippen molar-refractivity contribution in [3.05, 3.63) is 63.4 Å². The molecule has 1 fully saturated rings. The number of aliphatic hydroxyl groups excluding tert-OH is 2. The molecule has 0 aromatic heterocycles. The van der Waals surface area contributed by atoms with E-state index in [1.165, 1.54) is 6.07 Å². The number of hydrogen-bond donors (Lipinski definition) is 5. The average molecular weight is 528 g/mol. The number of likely N-dealkylation sites (tertiary alicyclic amines) is 1. The second-order valence-corrected chi connectivity index (χ2v) is 11.3. The largest absolute Gasteiger partial charge is 0.510 e. The second kappa shape index (κ2) is 8.93. The van der Waals surface area contributed by atoms with Gasteiger partial charge in [0, 0.05) is 40.8 Å². The molecule has 3 aliphatic carbocycles. The van der Waals surface area contributed by atoms with Gasteiger partial charge in [-0.15, -0.1) is 0 Å². The van der Waals surface area contributed by atoms with Crippen LogP contribution in [-0.4, -0.2) is 80.2 Å². The number of rotatable bonds is 4. The summed E-state index contributed by atoms with van der Waals surface area (Å²) in [5.41, 5.74) is 2.48. The Labute approximate surface area is 220 Å². The minimum atomic E-state index is -2.27. The Morgan fingerprint density at radius 3 is 2.58 bits per heavy atom. The first-order chi connectivity index (χ1) is 17.8. The lowest BCUT2D eigenvalue weighted by Crippen LogP contribution is -2.60. The molecular formula is C28H34FN3O6. The highest BCUT2D eigenvalue weighted by Crippen LogP contribution is 2.55. The van der Waals surface area contributed by atoms with Gasteiger partial charge in [0.15, 0.2) is 11.4 Å². The molecule has 1 aliphatic heterocycles. The molecule has 38 heavy (non-hydrogen) atoms. The molecule has 1 heterocycles. The van der Waals surface area contributed by atoms with Crippen LogP contribution < -0.4 is 5.73 Å². The molecule has 9 nitrogen and oxygen atoms in total. The molecule has 0 unspecified atom stereocenters. The van der Waals surface area contributed by atoms with Crippen molar-refractivity contribution in [2.75, 3.05) is 20.6 Å². The third kappa shape index (κ3) is 3.54. The zero-order valence-corrected chi connectivity index (χ0v) is 21.8. The van der Waals surface area contributed by atoms with Crippen LogP contribution in [0.3, 0.4) is 0 Å². The maximum absolute atomic E-state index is 15.9. The predicted octanol–water partition coefficient (Wildman–Crippen LogP) is 2.23. The third-order valence-corrected chi connectivity index (χ3v) is 8.98. The van der Waals surface area contributed by atoms with Crippen molar-refractivity contribution >= 4 is 11.7 Å². The highest BCUT2D eigenvalue weighted by atomic mass is 19.1. The van der Waals surface area contributed by atoms with Gasteiger partial charge in [0.25, 0.3) is 5.91 Å². The molecule has 0 bridgehead atoms. The van der Waals surface area contributed by atoms with Crippen LogP contribution in [0.4, 0.5) is 4.39 Å². The Bertz CT molecular complexity index is 1330. The molecule has 1 aromatic rings. The van der Waals surface area contributed by atoms with Gasteiger partial charge in [0.1, 0.15) is 23.1 Å². The standard InChI is InChI=1S/C28H34FN3O6/c1-12-6-5-7-32(12)11-15-10-18(33)21-16(22(15)29)8-14-9-17-23(31(3)4)25(35)19(27(30)37)13(2)28(17,38)26(36)20(14)24(21)34/h10,12,14,17,23,33,35-36,38H,2,5-9,11H2,1,3-4H3,(H2,30,37)/t12-,14+,17+,23+,28+/m1/s1. The average Bonchev–Trinajstić information content (AvgIpc) is 3.23. The molecule has 204 valence electrons. The lowest BCUT2D eigenvalue weighted by atomic mass is 9.57. The van der Waals surface area contributed by atoms with Crippen molar-refractivity contribution in [2.45, 2.75) is 56.8 Å². The number of likely N-dealkylation sites (N-methyl/N-ethyl adjacent to an activating group) is 1. The summed E-state index contributed by atoms with van der Waals surface area (Å²) in [4.78, 5) is 29.6. The number of Topliss-reactive ketones (excluding diaryl/α,β-unsaturated/α-hetero) is 1. The Kier molecular flexibility index (Phi) is 6.20. The minimum Gasteiger partial charge on any atom is -0.510 e. The summed E-state index contributed by atoms with van der Waals surface area (Å²) in [6.07, 6.45) is 2.10. The summed E-state index contributed by atoms with van der Waals surface area (Å²) in [5, 5.41) is 45.1. The SMILES string of the molecule is C=C1C(C(N)=O)=C(O)[C@@H](N(C)C)[C@@H]2C[C@@H]3Cc4c(F)c(CN5CCC[C@H]5C)cc(O)c4C(=O)C3=C(O)[C@]12O. The Hall–Kier alpha value is -3.21. The molecule has 4 aliphatic rings. The summed E-state index contributed by atoms with van der Waals surface area (Å²) in [7, 11) is 3.27. The van der Waals surface area contributed by atoms with Crippen molar-refractivity contribution in [3.63, 3.8) is 0 Å². The van der Waals surface area contributed by atoms with Crippen molar-refractivity contribution in [2.24, 2.45) is 17.6 Å². The van der Waals surface area contributed by atoms with Crippen molar-refractivity contribution < 1.29 is 34.4 Å². The number of phenols is 1. The lowest BCUT2D eigenvalue weighted by molar-refractivity contribution is -0.115. The van der Waals surface area contributed by atoms with Gasteiger partial charge in [-0.05, 0) is 65.2 Å². The van der Waals surface area contributed by atoms with Gasteiger partial charge in [-0.3, -0.25) is 19.4 Å². The highest BCUT2D eigenvalue weighted by molar-refractivity contribution is 6.13. The number of amides is 1. The van der Waals surface area contributed by atoms with Crippen LogP contribution in [0, 0.1) is 17.7 Å². The molecule has 1 saturated heterocycles. The number of allylic oxidation sites excluding steroid dienone is 1. The fourth-order valence-corrected chi connectivity index (χ4v) is 7.08. The predicted molar refractivity (Wildman–Crippen MR) is 137 cm³/mol. The third-order valence-electron chi connectivity index (χ3n) is 8.98. The molecule has 1 aromatic carbocycles. The van der Waals surface area contributed by atoms with Crippen LogP contribution in [0.2, 0.25) is 0 Å². The van der Waals surface area contributed by atoms with E-state index in [2.05, 4.69) is 18.4 Å². The number of fused-ring (bicyclic) bond motifs is 3. The van der Waals surface area contributed by atoms with Crippen LogP contribution in [0.25, 0.3) is 0 Å². The van der Waals surface area contributed by atoms with Gasteiger partial charge in [0.2, 0.25) is 0 Å². The molecular weight excluding hydrogens is 493 g/mol. The van der Waals surface area contributed by atoms with E-state index < -0.39 is 52.3 Å². The van der Waals surface area contributed by atoms with Crippen LogP contribution in [0.1, 0.15) is 47.7 Å². The van der Waals surface area contributed by atoms with E-state index in [0.717, 1.165) is 19.4 Å². The van der Waals surface area contributed by atoms with Gasteiger partial charge in [-0.2, -0.15) is 0 Å². The number of aliphatic hydroxyl groups is 3. The van der Waals surface area contributed by atoms with E-state index in [-0.39, 0.29) is 52.7 Å². The van der Waals surface area contributed by atoms with Crippen LogP contribution in [0.5, 0.6) is 5.75 Å². The molecule has 0 radical (unpaired) electrons. The number of ketones is 1. The first kappa shape index (κ1) is 26.4. The van der Waals surface area contributed by atoms with Crippen molar-refractivity contribution in [3.8, 4) is 5.75 Å². The molecule has 1 amide bonds. The molecule has 0 saturated carbocycles. The van der Waals surface area contributed by atoms with Crippen LogP contribution in [-0.2, 0) is 17.8 Å². The number of carbonyl (C=O) groups excluding carboxylic acids is 2. The Morgan fingerprint density at radius 2 is 2.00 bits per heavy atom. The number of benzene rings is 1. The van der Waals surface area contributed by atoms with E-state index >= 15 is 4.39 Å². The summed E-state index contributed by atoms with van der Waals surface area (Å²) >= 11 is 0. The minimum absolute atomic E-state index is 0.00953. The first-order valence-electron chi connectivity index (χ1n) is 12.9. The number of nitrogens with zero attached hydrogens (tertiary/aromatic N) is 2. The number of carbonyl (C=O) groups is 2. The number of phenolic OH excluding ortho intramolecular Hbond substituents is 1. The molecule has 0 spiro atoms. The fourth-order valence-electron chi connectivity index (χ4n) is 7.08. The monoisotopic (exact) mass is 527 g/mol. The van der Waals surface area contributed by atoms with E-state index in [9.17, 15) is 30.0 Å². The summed E-state index contributed by atoms with van der Waals surface area (Å²) in [5.74, 6) is -5.47. The first-order valence-corrected chi connectivity index (χ1v) is 12.9. The Balaban J connectivity index is 1.64. The fraction of sp³-hybridized carbons (Fsp3) is 0.500. The van der Waals surface area contributed by atoms with Gasteiger partial charge in [-0.1, -0.05) is 6.58 Å². The van der Waals surface area contributed by atoms with E-state index in [4.69, 9.17) is 5.73 Å². The highest BCUT2D eigenvalue weighted by Gasteiger charge is 2.60. The number of nitrogens with two attached hydrogens (primary N) is 1. The number of primary amides is 1. The van der Waals surface area contributed by atoms with E-state index in [1.807, 2.05) is 0 Å². The molecule has 10 heteroatoms. The van der Waals surface area contributed by atoms with Crippen molar-refractivity contribution in [1.82, 2.24) is 9.80 Å². The van der Waals surface area contributed by atoms with Crippen LogP contribution >= 0.6 is 0 Å². The number of halogens is 1. The molecule has 6 N–H and O–H groups in total. The van der Waals surface area contributed by atoms with Gasteiger partial charge >= 0.3 is 0 Å². The Morgan fingerprint density at radius 1 is 1.32 bits per heavy atom. The summed E-state index contributed by atoms with van der Waals surface area (Å²) in [6, 6.07) is 0.614. The zero-order chi connectivity index (χ0) is 27.8. The zero-order valence-electron chi connectivity index (χ0n) is 21.8. The van der Waals surface area contributed by atoms with Crippen molar-refractivity contribution in [1.29, 1.82) is 0 Å². The molecule has 5 atom stereocenters. The maximum atomic E-state index is 15.9. The summed E-state index contributed by atoms with van der Waals surface area (Å²) < 4.78 is 15.9. The van der Waals surface area contributed by atoms with Gasteiger partial charge < -0.3 is 26.2 Å². The van der Waals surface area contributed by atoms with E-state index in [1.54, 1.807) is 19.0 Å². The van der Waals surface area contributed by atoms with Gasteiger partial charge in [-0.25, -0.2) is 4.39 Å². The van der Waals surface area contributed by atoms with Gasteiger partial charge in [0.05, 0.1) is 17.2 Å². The topological polar surface area (TPSA) is 148 Å². The second-order valence-electron chi connectivity index (χ2n) is 11.3. The smallest absolute Gasteiger partial charge is 0.252 e. The van der Waals surface area contributed by atoms with E-state index in [0.29, 0.717) is 12.1 Å². The normalized spacial score (nSPS) is 31.5.